The lowest BCUT2D eigenvalue weighted by Crippen LogP contribution is -2.41. The molecule has 2 aliphatic heterocycles. The molecule has 0 radical (unpaired) electrons. The van der Waals surface area contributed by atoms with E-state index in [1.807, 2.05) is 0 Å². The summed E-state index contributed by atoms with van der Waals surface area (Å²) >= 11 is 0. The minimum absolute atomic E-state index is 0.0631. The fraction of sp³-hybridized carbons (Fsp3) is 0.586. The van der Waals surface area contributed by atoms with Gasteiger partial charge in [-0.1, -0.05) is 60.7 Å². The van der Waals surface area contributed by atoms with Crippen molar-refractivity contribution >= 4 is 14.2 Å². The quantitative estimate of drug-likeness (QED) is 0.389. The number of hydrogen-bond donors (Lipinski definition) is 0. The van der Waals surface area contributed by atoms with Gasteiger partial charge in [0.25, 0.3) is 0 Å². The summed E-state index contributed by atoms with van der Waals surface area (Å²) in [4.78, 5) is 2.49. The predicted octanol–water partition coefficient (Wildman–Crippen LogP) is 6.24. The lowest BCUT2D eigenvalue weighted by Gasteiger charge is -2.32. The molecule has 0 spiro atoms. The maximum Gasteiger partial charge on any atom is 0.461 e. The van der Waals surface area contributed by atoms with Crippen molar-refractivity contribution in [2.24, 2.45) is 0 Å². The summed E-state index contributed by atoms with van der Waals surface area (Å²) in [5, 5.41) is 0. The molecule has 0 amide bonds. The van der Waals surface area contributed by atoms with Gasteiger partial charge < -0.3 is 18.6 Å². The molecule has 0 aromatic heterocycles. The van der Waals surface area contributed by atoms with Crippen LogP contribution < -0.4 is 0 Å². The summed E-state index contributed by atoms with van der Waals surface area (Å²) in [6.07, 6.45) is 0.698. The van der Waals surface area contributed by atoms with E-state index in [0.717, 1.165) is 19.6 Å². The summed E-state index contributed by atoms with van der Waals surface area (Å²) in [5.74, 6) is 0.0631. The second-order valence-electron chi connectivity index (χ2n) is 12.4. The van der Waals surface area contributed by atoms with Crippen molar-refractivity contribution in [1.82, 2.24) is 4.90 Å². The van der Waals surface area contributed by atoms with Crippen LogP contribution in [-0.4, -0.2) is 48.1 Å². The van der Waals surface area contributed by atoms with Gasteiger partial charge in [0, 0.05) is 18.9 Å². The molecule has 1 atom stereocenters. The minimum Gasteiger partial charge on any atom is -0.403 e. The highest BCUT2D eigenvalue weighted by molar-refractivity contribution is 6.53. The zero-order valence-electron chi connectivity index (χ0n) is 23.4. The van der Waals surface area contributed by atoms with Crippen LogP contribution in [0.5, 0.6) is 0 Å². The first-order valence-electron chi connectivity index (χ1n) is 13.3. The first-order chi connectivity index (χ1) is 16.8. The Kier molecular flexibility index (Phi) is 7.81. The Morgan fingerprint density at radius 1 is 0.611 bits per heavy atom. The van der Waals surface area contributed by atoms with E-state index in [1.165, 1.54) is 11.1 Å². The Morgan fingerprint density at radius 2 is 1.00 bits per heavy atom. The Bertz CT molecular complexity index is 923. The fourth-order valence-corrected chi connectivity index (χ4v) is 4.86. The standard InChI is InChI=1S/C29H43B2NO4/c1-26(2)27(3,4)34-30(33-26)19-25(31-35-28(5,6)29(7,8)36-31)22-32(20-23-15-11-9-12-16-23)21-24-17-13-10-14-18-24/h9-18,25H,19-22H2,1-8H3. The van der Waals surface area contributed by atoms with Gasteiger partial charge in [0.1, 0.15) is 0 Å². The van der Waals surface area contributed by atoms with Crippen molar-refractivity contribution in [3.05, 3.63) is 71.8 Å². The second-order valence-corrected chi connectivity index (χ2v) is 12.4. The van der Waals surface area contributed by atoms with E-state index < -0.39 is 11.2 Å². The lowest BCUT2D eigenvalue weighted by molar-refractivity contribution is 0.00578. The monoisotopic (exact) mass is 491 g/mol. The molecule has 2 heterocycles. The summed E-state index contributed by atoms with van der Waals surface area (Å²) < 4.78 is 26.0. The van der Waals surface area contributed by atoms with Crippen LogP contribution in [0, 0.1) is 0 Å². The molecular formula is C29H43B2NO4. The van der Waals surface area contributed by atoms with Gasteiger partial charge in [-0.15, -0.1) is 0 Å². The van der Waals surface area contributed by atoms with Gasteiger partial charge in [0.2, 0.25) is 0 Å². The molecule has 2 aromatic carbocycles. The molecule has 2 aliphatic rings. The van der Waals surface area contributed by atoms with Crippen LogP contribution in [0.25, 0.3) is 0 Å². The molecule has 194 valence electrons. The van der Waals surface area contributed by atoms with Crippen molar-refractivity contribution in [3.8, 4) is 0 Å². The zero-order valence-corrected chi connectivity index (χ0v) is 23.4. The molecule has 0 bridgehead atoms. The number of rotatable bonds is 9. The van der Waals surface area contributed by atoms with E-state index in [9.17, 15) is 0 Å². The van der Waals surface area contributed by atoms with Gasteiger partial charge in [0.05, 0.1) is 22.4 Å². The average molecular weight is 491 g/mol. The van der Waals surface area contributed by atoms with Crippen molar-refractivity contribution in [2.75, 3.05) is 6.54 Å². The summed E-state index contributed by atoms with van der Waals surface area (Å²) in [6.45, 7) is 19.4. The van der Waals surface area contributed by atoms with Gasteiger partial charge in [-0.25, -0.2) is 0 Å². The highest BCUT2D eigenvalue weighted by Crippen LogP contribution is 2.44. The van der Waals surface area contributed by atoms with E-state index in [0.29, 0.717) is 6.32 Å². The van der Waals surface area contributed by atoms with Gasteiger partial charge in [-0.2, -0.15) is 0 Å². The van der Waals surface area contributed by atoms with E-state index in [2.05, 4.69) is 121 Å². The first-order valence-corrected chi connectivity index (χ1v) is 13.3. The van der Waals surface area contributed by atoms with Crippen LogP contribution in [0.15, 0.2) is 60.7 Å². The number of nitrogens with zero attached hydrogens (tertiary/aromatic N) is 1. The first kappa shape index (κ1) is 27.4. The van der Waals surface area contributed by atoms with Crippen LogP contribution in [-0.2, 0) is 31.7 Å². The molecule has 2 aromatic rings. The van der Waals surface area contributed by atoms with Gasteiger partial charge in [-0.05, 0) is 79.4 Å². The van der Waals surface area contributed by atoms with Crippen molar-refractivity contribution in [1.29, 1.82) is 0 Å². The van der Waals surface area contributed by atoms with E-state index >= 15 is 0 Å². The Balaban J connectivity index is 1.59. The van der Waals surface area contributed by atoms with E-state index in [4.69, 9.17) is 18.6 Å². The topological polar surface area (TPSA) is 40.2 Å². The van der Waals surface area contributed by atoms with Gasteiger partial charge in [-0.3, -0.25) is 4.90 Å². The predicted molar refractivity (Wildman–Crippen MR) is 148 cm³/mol. The number of hydrogen-bond acceptors (Lipinski definition) is 5. The second kappa shape index (κ2) is 10.3. The smallest absolute Gasteiger partial charge is 0.403 e. The van der Waals surface area contributed by atoms with Gasteiger partial charge >= 0.3 is 14.2 Å². The molecule has 5 nitrogen and oxygen atoms in total. The zero-order chi connectivity index (χ0) is 26.2. The maximum absolute atomic E-state index is 6.58. The van der Waals surface area contributed by atoms with Gasteiger partial charge in [0.15, 0.2) is 0 Å². The van der Waals surface area contributed by atoms with Crippen LogP contribution in [0.2, 0.25) is 12.1 Å². The van der Waals surface area contributed by atoms with Crippen LogP contribution in [0.3, 0.4) is 0 Å². The Labute approximate surface area is 219 Å². The lowest BCUT2D eigenvalue weighted by atomic mass is 9.60. The summed E-state index contributed by atoms with van der Waals surface area (Å²) in [7, 11) is -0.655. The SMILES string of the molecule is CC1(C)OB(CC(CN(Cc2ccccc2)Cc2ccccc2)B2OC(C)(C)C(C)(C)O2)OC1(C)C. The van der Waals surface area contributed by atoms with Crippen molar-refractivity contribution in [3.63, 3.8) is 0 Å². The van der Waals surface area contributed by atoms with Crippen LogP contribution in [0.1, 0.15) is 66.5 Å². The molecule has 1 unspecified atom stereocenters. The molecule has 4 rings (SSSR count). The summed E-state index contributed by atoms with van der Waals surface area (Å²) in [5.41, 5.74) is 1.05. The third-order valence-corrected chi connectivity index (χ3v) is 8.44. The molecule has 36 heavy (non-hydrogen) atoms. The molecule has 0 aliphatic carbocycles. The van der Waals surface area contributed by atoms with Crippen molar-refractivity contribution < 1.29 is 18.6 Å². The Morgan fingerprint density at radius 3 is 1.42 bits per heavy atom. The number of benzene rings is 2. The molecule has 0 N–H and O–H groups in total. The van der Waals surface area contributed by atoms with E-state index in [1.54, 1.807) is 0 Å². The molecule has 7 heteroatoms. The minimum atomic E-state index is -0.393. The molecular weight excluding hydrogens is 448 g/mol. The Hall–Kier alpha value is -1.63. The van der Waals surface area contributed by atoms with Crippen LogP contribution in [0.4, 0.5) is 0 Å². The molecule has 2 saturated heterocycles. The highest BCUT2D eigenvalue weighted by atomic mass is 16.7. The highest BCUT2D eigenvalue weighted by Gasteiger charge is 2.57. The normalized spacial score (nSPS) is 22.8. The van der Waals surface area contributed by atoms with E-state index in [-0.39, 0.29) is 31.3 Å². The third kappa shape index (κ3) is 6.08. The molecule has 2 fully saturated rings. The average Bonchev–Trinajstić information content (AvgIpc) is 3.13. The van der Waals surface area contributed by atoms with Crippen molar-refractivity contribution in [2.45, 2.75) is 103 Å². The summed E-state index contributed by atoms with van der Waals surface area (Å²) in [6, 6.07) is 21.3. The fourth-order valence-electron chi connectivity index (χ4n) is 4.86. The third-order valence-electron chi connectivity index (χ3n) is 8.44. The maximum atomic E-state index is 6.58. The molecule has 0 saturated carbocycles. The largest absolute Gasteiger partial charge is 0.461 e. The van der Waals surface area contributed by atoms with Crippen LogP contribution >= 0.6 is 0 Å².